The summed E-state index contributed by atoms with van der Waals surface area (Å²) in [6.07, 6.45) is 5.28. The first-order valence-electron chi connectivity index (χ1n) is 30.4. The largest absolute Gasteiger partial charge is 0.465 e. The van der Waals surface area contributed by atoms with Crippen LogP contribution in [0.5, 0.6) is 0 Å². The van der Waals surface area contributed by atoms with Gasteiger partial charge in [0, 0.05) is 86.2 Å². The predicted molar refractivity (Wildman–Crippen MR) is 390 cm³/mol. The number of nitrogens with zero attached hydrogens (tertiary/aromatic N) is 14. The van der Waals surface area contributed by atoms with Gasteiger partial charge in [-0.05, 0) is 155 Å². The molecular formula is C72H63BrCl3N15O5S3. The molecule has 6 aromatic heterocycles. The van der Waals surface area contributed by atoms with Crippen molar-refractivity contribution < 1.29 is 24.2 Å². The molecule has 6 aromatic carbocycles. The van der Waals surface area contributed by atoms with Crippen molar-refractivity contribution in [2.45, 2.75) is 76.1 Å². The third-order valence-electron chi connectivity index (χ3n) is 14.1. The van der Waals surface area contributed by atoms with Crippen LogP contribution < -0.4 is 0 Å². The molecule has 27 heteroatoms. The zero-order chi connectivity index (χ0) is 70.8. The number of esters is 2. The molecule has 0 spiro atoms. The smallest absolute Gasteiger partial charge is 0.327 e. The summed E-state index contributed by atoms with van der Waals surface area (Å²) in [6.45, 7) is 8.25. The summed E-state index contributed by atoms with van der Waals surface area (Å²) in [4.78, 5) is 39.7. The van der Waals surface area contributed by atoms with Crippen LogP contribution in [0, 0.1) is 34.0 Å². The molecule has 0 aliphatic rings. The highest BCUT2D eigenvalue weighted by Gasteiger charge is 2.25. The van der Waals surface area contributed by atoms with Crippen molar-refractivity contribution in [3.05, 3.63) is 214 Å². The van der Waals surface area contributed by atoms with E-state index in [2.05, 4.69) is 59.3 Å². The Morgan fingerprint density at radius 2 is 0.879 bits per heavy atom. The average Bonchev–Trinajstić information content (AvgIpc) is 1.65. The number of aromatic nitrogens is 12. The second-order valence-corrected chi connectivity index (χ2v) is 27.1. The van der Waals surface area contributed by atoms with Gasteiger partial charge in [0.25, 0.3) is 0 Å². The maximum Gasteiger partial charge on any atom is 0.327 e. The number of alkyl halides is 1. The van der Waals surface area contributed by atoms with Crippen LogP contribution in [0.4, 0.5) is 0 Å². The number of halogens is 4. The van der Waals surface area contributed by atoms with E-state index in [-0.39, 0.29) is 18.5 Å². The Morgan fingerprint density at radius 1 is 0.525 bits per heavy atom. The van der Waals surface area contributed by atoms with Crippen molar-refractivity contribution in [3.8, 4) is 86.5 Å². The van der Waals surface area contributed by atoms with Gasteiger partial charge in [-0.1, -0.05) is 122 Å². The number of hydrogen-bond donors (Lipinski definition) is 2. The molecular weight excluding hydrogens is 1440 g/mol. The van der Waals surface area contributed by atoms with Crippen LogP contribution in [-0.4, -0.2) is 99.6 Å². The maximum atomic E-state index is 11.8. The van der Waals surface area contributed by atoms with Gasteiger partial charge < -0.3 is 28.3 Å². The number of carbonyl (C=O) groups excluding carboxylic acids is 2. The van der Waals surface area contributed by atoms with Gasteiger partial charge in [-0.25, -0.2) is 15.0 Å². The highest BCUT2D eigenvalue weighted by molar-refractivity contribution is 9.09. The van der Waals surface area contributed by atoms with Gasteiger partial charge in [-0.3, -0.25) is 24.1 Å². The fourth-order valence-corrected chi connectivity index (χ4v) is 12.9. The van der Waals surface area contributed by atoms with Crippen molar-refractivity contribution in [3.63, 3.8) is 0 Å². The quantitative estimate of drug-likeness (QED) is 0.0563. The highest BCUT2D eigenvalue weighted by atomic mass is 79.9. The van der Waals surface area contributed by atoms with Gasteiger partial charge in [0.15, 0.2) is 17.5 Å². The summed E-state index contributed by atoms with van der Waals surface area (Å²) in [5.74, 6) is 1.62. The van der Waals surface area contributed by atoms with Crippen molar-refractivity contribution >= 4 is 98.0 Å². The maximum absolute atomic E-state index is 11.8. The number of carbonyl (C=O) groups is 2. The summed E-state index contributed by atoms with van der Waals surface area (Å²) in [5.41, 5.74) is 8.33. The molecule has 0 atom stereocenters. The number of nitriles is 3. The first kappa shape index (κ1) is 73.6. The number of H-pyrrole nitrogens is 1. The van der Waals surface area contributed by atoms with Crippen LogP contribution in [0.1, 0.15) is 44.4 Å². The van der Waals surface area contributed by atoms with Crippen molar-refractivity contribution in [2.24, 2.45) is 21.1 Å². The van der Waals surface area contributed by atoms with E-state index in [1.807, 2.05) is 168 Å². The Balaban J connectivity index is 0.000000166. The summed E-state index contributed by atoms with van der Waals surface area (Å²) in [5, 5.41) is 58.8. The second kappa shape index (κ2) is 34.7. The van der Waals surface area contributed by atoms with E-state index < -0.39 is 5.60 Å². The van der Waals surface area contributed by atoms with Gasteiger partial charge in [0.05, 0.1) is 60.3 Å². The minimum atomic E-state index is -0.867. The van der Waals surface area contributed by atoms with Crippen LogP contribution in [0.3, 0.4) is 0 Å². The highest BCUT2D eigenvalue weighted by Crippen LogP contribution is 2.42. The fraction of sp³-hybridized carbons (Fsp3) is 0.181. The molecule has 0 unspecified atom stereocenters. The van der Waals surface area contributed by atoms with E-state index in [1.54, 1.807) is 116 Å². The molecule has 0 aliphatic carbocycles. The Labute approximate surface area is 608 Å². The Hall–Kier alpha value is -9.65. The first-order valence-corrected chi connectivity index (χ1v) is 35.1. The van der Waals surface area contributed by atoms with Gasteiger partial charge in [0.2, 0.25) is 0 Å². The molecule has 0 bridgehead atoms. The molecule has 99 heavy (non-hydrogen) atoms. The lowest BCUT2D eigenvalue weighted by Gasteiger charge is -2.16. The van der Waals surface area contributed by atoms with Gasteiger partial charge in [0.1, 0.15) is 61.1 Å². The van der Waals surface area contributed by atoms with Gasteiger partial charge in [-0.2, -0.15) is 31.1 Å². The van der Waals surface area contributed by atoms with Crippen LogP contribution in [-0.2, 0) is 53.3 Å². The lowest BCUT2D eigenvalue weighted by molar-refractivity contribution is -0.144. The number of imidazole rings is 3. The molecule has 12 aromatic rings. The average molecular weight is 1500 g/mol. The molecule has 0 saturated carbocycles. The number of benzene rings is 6. The molecule has 2 N–H and O–H groups in total. The Kier molecular flexibility index (Phi) is 25.8. The molecule has 0 amide bonds. The summed E-state index contributed by atoms with van der Waals surface area (Å²) in [6, 6.07) is 57.2. The second-order valence-electron chi connectivity index (χ2n) is 22.0. The molecule has 0 saturated heterocycles. The zero-order valence-corrected chi connectivity index (χ0v) is 60.7. The predicted octanol–water partition coefficient (Wildman–Crippen LogP) is 16.7. The van der Waals surface area contributed by atoms with Crippen molar-refractivity contribution in [2.75, 3.05) is 18.5 Å². The summed E-state index contributed by atoms with van der Waals surface area (Å²) < 4.78 is 18.8. The van der Waals surface area contributed by atoms with E-state index in [9.17, 15) is 14.7 Å². The first-order chi connectivity index (χ1) is 47.7. The molecule has 0 radical (unpaired) electrons. The molecule has 0 fully saturated rings. The molecule has 0 aliphatic heterocycles. The monoisotopic (exact) mass is 1500 g/mol. The Bertz CT molecular complexity index is 4840. The third-order valence-corrected chi connectivity index (χ3v) is 18.8. The number of ether oxygens (including phenoxy) is 2. The standard InChI is InChI=1S/C24H20ClN5O2S.C24H22ClN5OS.C20H14ClN5S.C4H7BrO2/c1-3-32-21(31)15-30-13-12-20(28-30)23-27-22(17-6-4-16(14-26)5-7-17)24(29(23)2)33-19-10-8-18(25)9-11-19;1-24(2,31)15-30-13-12-20(28-30)22-27-21(17-6-4-16(14-26)5-7-17)23(29(22)3)32-19-10-8-18(25)9-11-19;1-26-19(17-10-11-23-25-17)24-18(14-4-2-13(12-22)3-5-14)20(26)27-16-8-6-15(21)7-9-16;1-2-7-4(6)3-5/h4-13H,3,15H2,1-2H3;4-13,31H,15H2,1-3H3;2-11H,1H3,(H,23,25);2-3H2,1H3. The minimum Gasteiger partial charge on any atom is -0.465 e. The van der Waals surface area contributed by atoms with Crippen LogP contribution in [0.25, 0.3) is 68.3 Å². The van der Waals surface area contributed by atoms with E-state index in [4.69, 9.17) is 70.3 Å². The molecule has 20 nitrogen and oxygen atoms in total. The van der Waals surface area contributed by atoms with E-state index in [1.165, 1.54) is 4.68 Å². The SMILES string of the molecule is CCOC(=O)CBr.CCOC(=O)Cn1ccc(-c2nc(-c3ccc(C#N)cc3)c(Sc3ccc(Cl)cc3)n2C)n1.Cn1c(-c2ccn(CC(C)(C)O)n2)nc(-c2ccc(C#N)cc2)c1Sc1ccc(Cl)cc1.Cn1c(-c2ccn[nH]2)nc(-c2ccc(C#N)cc2)c1Sc1ccc(Cl)cc1. The molecule has 6 heterocycles. The Morgan fingerprint density at radius 3 is 1.21 bits per heavy atom. The number of aliphatic hydroxyl groups is 1. The summed E-state index contributed by atoms with van der Waals surface area (Å²) in [7, 11) is 5.87. The number of hydrogen-bond acceptors (Lipinski definition) is 17. The third kappa shape index (κ3) is 19.8. The normalized spacial score (nSPS) is 10.8. The van der Waals surface area contributed by atoms with Crippen LogP contribution in [0.15, 0.2) is 212 Å². The topological polar surface area (TPSA) is 262 Å². The zero-order valence-electron chi connectivity index (χ0n) is 54.4. The van der Waals surface area contributed by atoms with Gasteiger partial charge in [-0.15, -0.1) is 0 Å². The van der Waals surface area contributed by atoms with E-state index in [0.29, 0.717) is 68.4 Å². The number of aromatic amines is 1. The van der Waals surface area contributed by atoms with E-state index >= 15 is 0 Å². The van der Waals surface area contributed by atoms with Crippen LogP contribution >= 0.6 is 86.0 Å². The van der Waals surface area contributed by atoms with Crippen molar-refractivity contribution in [1.29, 1.82) is 15.8 Å². The molecule has 12 rings (SSSR count). The van der Waals surface area contributed by atoms with Crippen molar-refractivity contribution in [1.82, 2.24) is 58.4 Å². The number of nitrogens with one attached hydrogen (secondary N) is 1. The fourth-order valence-electron chi connectivity index (χ4n) is 9.47. The lowest BCUT2D eigenvalue weighted by Crippen LogP contribution is -2.26. The molecule has 502 valence electrons. The van der Waals surface area contributed by atoms with Gasteiger partial charge >= 0.3 is 11.9 Å². The minimum absolute atomic E-state index is 0.0348. The number of rotatable bonds is 19. The van der Waals surface area contributed by atoms with E-state index in [0.717, 1.165) is 86.6 Å². The van der Waals surface area contributed by atoms with Crippen LogP contribution in [0.2, 0.25) is 15.1 Å². The summed E-state index contributed by atoms with van der Waals surface area (Å²) >= 11 is 25.8. The lowest BCUT2D eigenvalue weighted by atomic mass is 10.1.